The van der Waals surface area contributed by atoms with Crippen LogP contribution in [0.5, 0.6) is 17.2 Å². The van der Waals surface area contributed by atoms with Crippen molar-refractivity contribution in [3.63, 3.8) is 0 Å². The van der Waals surface area contributed by atoms with Crippen LogP contribution in [0.4, 0.5) is 31.8 Å². The van der Waals surface area contributed by atoms with Gasteiger partial charge in [-0.3, -0.25) is 24.5 Å². The average Bonchev–Trinajstić information content (AvgIpc) is 3.21. The van der Waals surface area contributed by atoms with Gasteiger partial charge in [-0.1, -0.05) is 20.8 Å². The number of anilines is 3. The number of aromatic hydroxyl groups is 3. The van der Waals surface area contributed by atoms with Gasteiger partial charge in [-0.2, -0.15) is 0 Å². The normalized spacial score (nSPS) is 13.7. The first-order valence-electron chi connectivity index (χ1n) is 18.8. The van der Waals surface area contributed by atoms with Crippen LogP contribution in [-0.4, -0.2) is 132 Å². The average molecular weight is 866 g/mol. The number of nitrogens with zero attached hydrogens (tertiary/aromatic N) is 7. The van der Waals surface area contributed by atoms with E-state index in [9.17, 15) is 69.5 Å². The molecule has 6 N–H and O–H groups in total. The molecular formula is C37H51N7O17. The van der Waals surface area contributed by atoms with Crippen molar-refractivity contribution < 1.29 is 64.2 Å². The molecule has 336 valence electrons. The molecule has 3 heterocycles. The fraction of sp³-hybridized carbons (Fsp3) is 0.514. The van der Waals surface area contributed by atoms with Crippen molar-refractivity contribution in [2.24, 2.45) is 0 Å². The molecule has 24 heteroatoms. The highest BCUT2D eigenvalue weighted by molar-refractivity contribution is 5.91. The van der Waals surface area contributed by atoms with Gasteiger partial charge in [-0.15, -0.1) is 0 Å². The molecule has 0 aliphatic carbocycles. The van der Waals surface area contributed by atoms with E-state index in [4.69, 9.17) is 14.2 Å². The van der Waals surface area contributed by atoms with Crippen LogP contribution in [0, 0.1) is 10.1 Å². The lowest BCUT2D eigenvalue weighted by molar-refractivity contribution is -0.581. The summed E-state index contributed by atoms with van der Waals surface area (Å²) in [5.41, 5.74) is -6.78. The van der Waals surface area contributed by atoms with Crippen LogP contribution in [-0.2, 0) is 33.8 Å². The van der Waals surface area contributed by atoms with E-state index in [1.807, 2.05) is 0 Å². The van der Waals surface area contributed by atoms with Gasteiger partial charge in [0.15, 0.2) is 17.5 Å². The van der Waals surface area contributed by atoms with Crippen LogP contribution in [0.1, 0.15) is 40.0 Å². The molecule has 3 aromatic rings. The summed E-state index contributed by atoms with van der Waals surface area (Å²) in [5, 5.41) is 81.9. The van der Waals surface area contributed by atoms with Gasteiger partial charge in [0.2, 0.25) is 33.5 Å². The molecule has 3 aromatic heterocycles. The van der Waals surface area contributed by atoms with Gasteiger partial charge in [0.25, 0.3) is 5.54 Å². The number of rotatable bonds is 22. The van der Waals surface area contributed by atoms with Crippen LogP contribution in [0.15, 0.2) is 51.2 Å². The Bertz CT molecular complexity index is 2010. The first-order chi connectivity index (χ1) is 28.9. The third kappa shape index (κ3) is 9.39. The predicted molar refractivity (Wildman–Crippen MR) is 216 cm³/mol. The number of hydrogen-bond acceptors (Lipinski definition) is 14. The van der Waals surface area contributed by atoms with Crippen molar-refractivity contribution in [1.29, 1.82) is 0 Å². The zero-order chi connectivity index (χ0) is 45.9. The summed E-state index contributed by atoms with van der Waals surface area (Å²) in [7, 11) is 3.87. The van der Waals surface area contributed by atoms with Crippen LogP contribution >= 0.6 is 0 Å². The van der Waals surface area contributed by atoms with Crippen molar-refractivity contribution >= 4 is 35.7 Å². The Labute approximate surface area is 347 Å². The van der Waals surface area contributed by atoms with Crippen molar-refractivity contribution in [3.05, 3.63) is 77.6 Å². The van der Waals surface area contributed by atoms with Gasteiger partial charge in [-0.05, 0) is 19.3 Å². The highest BCUT2D eigenvalue weighted by Crippen LogP contribution is 2.45. The highest BCUT2D eigenvalue weighted by atomic mass is 16.6. The zero-order valence-electron chi connectivity index (χ0n) is 34.4. The lowest BCUT2D eigenvalue weighted by atomic mass is 9.71. The standard InChI is InChI=1S/C37H51N7O17/c1-7-25(41(34(51)52)31-28(48)22(45)10-13-38(31)16-19-59-4)37(44(57)58,26(8-2)42(35(53)54)32-29(49)23(46)11-14-39(32)17-20-60-5)27(9-3)43(36(55)56)33-30(50)24(47)12-15-40(33)18-21-61-6/h10-15,25-27,48-50H,7-9,16-21H2,1-6H3,(H,51,52)(H,53,54)(H,55,56). The van der Waals surface area contributed by atoms with E-state index in [1.54, 1.807) is 0 Å². The highest BCUT2D eigenvalue weighted by Gasteiger charge is 2.69. The molecule has 0 spiro atoms. The first kappa shape index (κ1) is 48.7. The number of pyridine rings is 3. The third-order valence-corrected chi connectivity index (χ3v) is 10.3. The lowest BCUT2D eigenvalue weighted by Gasteiger charge is -2.50. The summed E-state index contributed by atoms with van der Waals surface area (Å²) in [5.74, 6) is -6.18. The Balaban J connectivity index is 2.82. The molecule has 24 nitrogen and oxygen atoms in total. The molecule has 0 saturated heterocycles. The van der Waals surface area contributed by atoms with Gasteiger partial charge in [0, 0.05) is 82.7 Å². The van der Waals surface area contributed by atoms with Crippen molar-refractivity contribution in [3.8, 4) is 17.2 Å². The van der Waals surface area contributed by atoms with Crippen molar-refractivity contribution in [2.45, 2.75) is 83.3 Å². The molecule has 3 atom stereocenters. The van der Waals surface area contributed by atoms with Gasteiger partial charge in [-0.25, -0.2) is 29.1 Å². The quantitative estimate of drug-likeness (QED) is 0.0624. The Hall–Kier alpha value is -6.66. The topological polar surface area (TPSA) is 319 Å². The van der Waals surface area contributed by atoms with E-state index < -0.39 is 117 Å². The first-order valence-corrected chi connectivity index (χ1v) is 18.8. The number of methoxy groups -OCH3 is 3. The van der Waals surface area contributed by atoms with E-state index >= 15 is 0 Å². The minimum atomic E-state index is -3.37. The number of amides is 3. The smallest absolute Gasteiger partial charge is 0.413 e. The number of ether oxygens (including phenoxy) is 3. The molecule has 0 aliphatic heterocycles. The third-order valence-electron chi connectivity index (χ3n) is 10.3. The molecule has 3 rings (SSSR count). The number of nitro groups is 1. The summed E-state index contributed by atoms with van der Waals surface area (Å²) < 4.78 is 18.5. The Kier molecular flexibility index (Phi) is 16.8. The molecule has 0 radical (unpaired) electrons. The van der Waals surface area contributed by atoms with Crippen LogP contribution < -0.4 is 31.0 Å². The molecule has 0 aromatic carbocycles. The summed E-state index contributed by atoms with van der Waals surface area (Å²) >= 11 is 0. The van der Waals surface area contributed by atoms with Crippen molar-refractivity contribution in [2.75, 3.05) is 55.8 Å². The number of aromatic nitrogens is 3. The molecule has 61 heavy (non-hydrogen) atoms. The maximum Gasteiger partial charge on any atom is 0.413 e. The molecule has 0 bridgehead atoms. The Morgan fingerprint density at radius 2 is 0.852 bits per heavy atom. The van der Waals surface area contributed by atoms with Gasteiger partial charge < -0.3 is 58.6 Å². The van der Waals surface area contributed by atoms with Crippen LogP contribution in [0.3, 0.4) is 0 Å². The Morgan fingerprint density at radius 1 is 0.607 bits per heavy atom. The maximum absolute atomic E-state index is 14.6. The fourth-order valence-electron chi connectivity index (χ4n) is 7.82. The second kappa shape index (κ2) is 21.0. The monoisotopic (exact) mass is 865 g/mol. The summed E-state index contributed by atoms with van der Waals surface area (Å²) in [6.45, 7) is 2.45. The minimum absolute atomic E-state index is 0.159. The van der Waals surface area contributed by atoms with E-state index in [0.717, 1.165) is 50.5 Å². The Morgan fingerprint density at radius 3 is 1.03 bits per heavy atom. The number of carbonyl (C=O) groups is 3. The molecule has 3 unspecified atom stereocenters. The molecule has 3 amide bonds. The second-order valence-corrected chi connectivity index (χ2v) is 13.5. The SMILES string of the molecule is CCC(N(C(=O)O)c1c(O)c(=O)ccn1CCOC)C(C(CC)N(C(=O)O)c1c(O)c(=O)ccn1CCOC)(C(CC)N(C(=O)O)c1c(O)c(=O)ccn1CCOC)[N+](=O)[O-]. The zero-order valence-corrected chi connectivity index (χ0v) is 34.4. The molecule has 0 fully saturated rings. The van der Waals surface area contributed by atoms with E-state index in [-0.39, 0.29) is 54.2 Å². The number of hydrogen-bond donors (Lipinski definition) is 6. The lowest BCUT2D eigenvalue weighted by Crippen LogP contribution is -2.77. The largest absolute Gasteiger partial charge is 0.502 e. The van der Waals surface area contributed by atoms with E-state index in [2.05, 4.69) is 0 Å². The second-order valence-electron chi connectivity index (χ2n) is 13.5. The predicted octanol–water partition coefficient (Wildman–Crippen LogP) is 2.43. The fourth-order valence-corrected chi connectivity index (χ4v) is 7.82. The molecule has 0 saturated carbocycles. The van der Waals surface area contributed by atoms with Crippen LogP contribution in [0.25, 0.3) is 0 Å². The summed E-state index contributed by atoms with van der Waals surface area (Å²) in [6, 6.07) is -4.28. The van der Waals surface area contributed by atoms with Gasteiger partial charge in [0.1, 0.15) is 18.1 Å². The summed E-state index contributed by atoms with van der Waals surface area (Å²) in [6.07, 6.45) is -4.99. The molecular weight excluding hydrogens is 814 g/mol. The van der Waals surface area contributed by atoms with Gasteiger partial charge in [0.05, 0.1) is 19.8 Å². The van der Waals surface area contributed by atoms with Crippen molar-refractivity contribution in [1.82, 2.24) is 13.7 Å². The number of carboxylic acid groups (broad SMARTS) is 3. The van der Waals surface area contributed by atoms with E-state index in [0.29, 0.717) is 0 Å². The summed E-state index contributed by atoms with van der Waals surface area (Å²) in [4.78, 5) is 94.7. The maximum atomic E-state index is 14.6. The van der Waals surface area contributed by atoms with Gasteiger partial charge >= 0.3 is 18.3 Å². The minimum Gasteiger partial charge on any atom is -0.502 e. The molecule has 0 aliphatic rings. The van der Waals surface area contributed by atoms with E-state index in [1.165, 1.54) is 42.1 Å². The van der Waals surface area contributed by atoms with Crippen LogP contribution in [0.2, 0.25) is 0 Å².